The lowest BCUT2D eigenvalue weighted by Gasteiger charge is -2.40. The lowest BCUT2D eigenvalue weighted by molar-refractivity contribution is -0.139. The van der Waals surface area contributed by atoms with Crippen molar-refractivity contribution in [1.82, 2.24) is 9.55 Å². The minimum absolute atomic E-state index is 0.148. The number of carbonyl (C=O) groups excluding carboxylic acids is 1. The van der Waals surface area contributed by atoms with Crippen molar-refractivity contribution >= 4 is 28.6 Å². The van der Waals surface area contributed by atoms with Crippen LogP contribution in [-0.4, -0.2) is 29.7 Å². The molecule has 1 aliphatic rings. The van der Waals surface area contributed by atoms with Gasteiger partial charge in [-0.15, -0.1) is 0 Å². The third-order valence-corrected chi connectivity index (χ3v) is 7.22. The fourth-order valence-electron chi connectivity index (χ4n) is 5.75. The fraction of sp³-hybridized carbons (Fsp3) is 0.517. The first-order chi connectivity index (χ1) is 16.6. The predicted molar refractivity (Wildman–Crippen MR) is 142 cm³/mol. The standard InChI is InChI=1S/C29H39N3O3/c1-18(2)20-8-10-22(11-9-20)30-28-31-24-13-21(14-27(33)35-7)26(34-6)15-25(24)32(28)23-12-19(3)16-29(4,5)17-23/h8-11,13,15,18-19,23H,12,14,16-17H2,1-7H3,(H,30,31). The average Bonchev–Trinajstić information content (AvgIpc) is 3.13. The quantitative estimate of drug-likeness (QED) is 0.371. The van der Waals surface area contributed by atoms with Crippen LogP contribution in [0.25, 0.3) is 11.0 Å². The van der Waals surface area contributed by atoms with Crippen LogP contribution < -0.4 is 10.1 Å². The summed E-state index contributed by atoms with van der Waals surface area (Å²) in [6, 6.07) is 12.9. The molecule has 1 N–H and O–H groups in total. The van der Waals surface area contributed by atoms with Gasteiger partial charge in [-0.1, -0.05) is 46.8 Å². The van der Waals surface area contributed by atoms with Gasteiger partial charge >= 0.3 is 5.97 Å². The van der Waals surface area contributed by atoms with Crippen LogP contribution in [0, 0.1) is 11.3 Å². The Bertz CT molecular complexity index is 1190. The highest BCUT2D eigenvalue weighted by atomic mass is 16.5. The molecule has 0 bridgehead atoms. The summed E-state index contributed by atoms with van der Waals surface area (Å²) in [5.74, 6) is 2.32. The summed E-state index contributed by atoms with van der Waals surface area (Å²) in [5, 5.41) is 3.60. The molecule has 2 aromatic carbocycles. The molecule has 188 valence electrons. The molecule has 3 aromatic rings. The van der Waals surface area contributed by atoms with Gasteiger partial charge in [0.1, 0.15) is 5.75 Å². The smallest absolute Gasteiger partial charge is 0.310 e. The van der Waals surface area contributed by atoms with Crippen molar-refractivity contribution in [3.05, 3.63) is 47.5 Å². The topological polar surface area (TPSA) is 65.4 Å². The van der Waals surface area contributed by atoms with Crippen molar-refractivity contribution in [3.8, 4) is 5.75 Å². The van der Waals surface area contributed by atoms with Gasteiger partial charge in [0.2, 0.25) is 5.95 Å². The third kappa shape index (κ3) is 5.47. The van der Waals surface area contributed by atoms with Gasteiger partial charge in [0.05, 0.1) is 31.7 Å². The minimum atomic E-state index is -0.298. The van der Waals surface area contributed by atoms with Crippen molar-refractivity contribution in [2.75, 3.05) is 19.5 Å². The van der Waals surface area contributed by atoms with Gasteiger partial charge in [-0.25, -0.2) is 4.98 Å². The van der Waals surface area contributed by atoms with Gasteiger partial charge in [0.15, 0.2) is 0 Å². The zero-order valence-corrected chi connectivity index (χ0v) is 22.1. The molecule has 6 nitrogen and oxygen atoms in total. The molecule has 6 heteroatoms. The molecule has 0 saturated heterocycles. The normalized spacial score (nSPS) is 19.7. The largest absolute Gasteiger partial charge is 0.496 e. The van der Waals surface area contributed by atoms with Crippen molar-refractivity contribution < 1.29 is 14.3 Å². The number of esters is 1. The third-order valence-electron chi connectivity index (χ3n) is 7.22. The minimum Gasteiger partial charge on any atom is -0.496 e. The van der Waals surface area contributed by atoms with E-state index >= 15 is 0 Å². The number of fused-ring (bicyclic) bond motifs is 1. The molecule has 0 amide bonds. The number of hydrogen-bond donors (Lipinski definition) is 1. The van der Waals surface area contributed by atoms with E-state index < -0.39 is 0 Å². The van der Waals surface area contributed by atoms with Gasteiger partial charge in [0, 0.05) is 23.4 Å². The number of aromatic nitrogens is 2. The Morgan fingerprint density at radius 3 is 2.49 bits per heavy atom. The Balaban J connectivity index is 1.82. The Hall–Kier alpha value is -3.02. The molecule has 2 unspecified atom stereocenters. The lowest BCUT2D eigenvalue weighted by Crippen LogP contribution is -2.29. The van der Waals surface area contributed by atoms with E-state index in [0.717, 1.165) is 41.1 Å². The van der Waals surface area contributed by atoms with Crippen LogP contribution in [0.3, 0.4) is 0 Å². The van der Waals surface area contributed by atoms with Crippen molar-refractivity contribution in [1.29, 1.82) is 0 Å². The number of nitrogens with one attached hydrogen (secondary N) is 1. The second-order valence-corrected chi connectivity index (χ2v) is 11.2. The Morgan fingerprint density at radius 1 is 1.17 bits per heavy atom. The van der Waals surface area contributed by atoms with Crippen LogP contribution in [0.2, 0.25) is 0 Å². The molecule has 1 fully saturated rings. The molecule has 0 aliphatic heterocycles. The summed E-state index contributed by atoms with van der Waals surface area (Å²) < 4.78 is 12.9. The highest BCUT2D eigenvalue weighted by Gasteiger charge is 2.35. The molecule has 2 atom stereocenters. The number of methoxy groups -OCH3 is 2. The summed E-state index contributed by atoms with van der Waals surface area (Å²) >= 11 is 0. The van der Waals surface area contributed by atoms with E-state index in [1.165, 1.54) is 19.1 Å². The molecule has 35 heavy (non-hydrogen) atoms. The van der Waals surface area contributed by atoms with Crippen LogP contribution >= 0.6 is 0 Å². The molecule has 4 rings (SSSR count). The van der Waals surface area contributed by atoms with Crippen molar-refractivity contribution in [2.24, 2.45) is 11.3 Å². The van der Waals surface area contributed by atoms with Crippen LogP contribution in [0.1, 0.15) is 77.0 Å². The second kappa shape index (κ2) is 9.92. The van der Waals surface area contributed by atoms with Gasteiger partial charge in [-0.3, -0.25) is 4.79 Å². The van der Waals surface area contributed by atoms with Gasteiger partial charge < -0.3 is 19.4 Å². The van der Waals surface area contributed by atoms with Crippen LogP contribution in [0.15, 0.2) is 36.4 Å². The maximum absolute atomic E-state index is 12.0. The zero-order valence-electron chi connectivity index (χ0n) is 22.1. The van der Waals surface area contributed by atoms with Crippen molar-refractivity contribution in [3.63, 3.8) is 0 Å². The SMILES string of the molecule is COC(=O)Cc1cc2nc(Nc3ccc(C(C)C)cc3)n(C3CC(C)CC(C)(C)C3)c2cc1OC. The Labute approximate surface area is 209 Å². The zero-order chi connectivity index (χ0) is 25.3. The summed E-state index contributed by atoms with van der Waals surface area (Å²) in [5.41, 5.74) is 5.22. The van der Waals surface area contributed by atoms with Gasteiger partial charge in [0.25, 0.3) is 0 Å². The number of benzene rings is 2. The number of nitrogens with zero attached hydrogens (tertiary/aromatic N) is 2. The van der Waals surface area contributed by atoms with Crippen LogP contribution in [0.5, 0.6) is 5.75 Å². The van der Waals surface area contributed by atoms with Crippen LogP contribution in [-0.2, 0) is 16.0 Å². The molecule has 0 spiro atoms. The molecular weight excluding hydrogens is 438 g/mol. The van der Waals surface area contributed by atoms with E-state index in [9.17, 15) is 4.79 Å². The Morgan fingerprint density at radius 2 is 1.89 bits per heavy atom. The average molecular weight is 478 g/mol. The van der Waals surface area contributed by atoms with Gasteiger partial charge in [-0.05, 0) is 60.3 Å². The molecule has 1 aliphatic carbocycles. The molecule has 1 saturated carbocycles. The molecule has 1 heterocycles. The molecule has 1 aromatic heterocycles. The van der Waals surface area contributed by atoms with Crippen molar-refractivity contribution in [2.45, 2.75) is 72.3 Å². The highest BCUT2D eigenvalue weighted by molar-refractivity contribution is 5.84. The number of carbonyl (C=O) groups is 1. The lowest BCUT2D eigenvalue weighted by atomic mass is 9.70. The summed E-state index contributed by atoms with van der Waals surface area (Å²) in [6.07, 6.45) is 3.55. The molecular formula is C29H39N3O3. The van der Waals surface area contributed by atoms with E-state index in [1.54, 1.807) is 7.11 Å². The Kier molecular flexibility index (Phi) is 7.11. The number of hydrogen-bond acceptors (Lipinski definition) is 5. The first kappa shape index (κ1) is 25.1. The van der Waals surface area contributed by atoms with Gasteiger partial charge in [-0.2, -0.15) is 0 Å². The molecule has 0 radical (unpaired) electrons. The number of imidazole rings is 1. The maximum Gasteiger partial charge on any atom is 0.310 e. The first-order valence-corrected chi connectivity index (χ1v) is 12.6. The van der Waals surface area contributed by atoms with E-state index in [2.05, 4.69) is 68.8 Å². The van der Waals surface area contributed by atoms with E-state index in [0.29, 0.717) is 23.6 Å². The fourth-order valence-corrected chi connectivity index (χ4v) is 5.75. The second-order valence-electron chi connectivity index (χ2n) is 11.2. The maximum atomic E-state index is 12.0. The number of anilines is 2. The first-order valence-electron chi connectivity index (χ1n) is 12.6. The van der Waals surface area contributed by atoms with E-state index in [1.807, 2.05) is 12.1 Å². The van der Waals surface area contributed by atoms with E-state index in [4.69, 9.17) is 14.5 Å². The summed E-state index contributed by atoms with van der Waals surface area (Å²) in [6.45, 7) is 11.5. The summed E-state index contributed by atoms with van der Waals surface area (Å²) in [4.78, 5) is 17.0. The van der Waals surface area contributed by atoms with Crippen LogP contribution in [0.4, 0.5) is 11.6 Å². The van der Waals surface area contributed by atoms with E-state index in [-0.39, 0.29) is 17.8 Å². The summed E-state index contributed by atoms with van der Waals surface area (Å²) in [7, 11) is 3.05. The number of ether oxygens (including phenoxy) is 2. The highest BCUT2D eigenvalue weighted by Crippen LogP contribution is 2.46. The monoisotopic (exact) mass is 477 g/mol. The number of rotatable bonds is 7. The predicted octanol–water partition coefficient (Wildman–Crippen LogP) is 7.01.